The van der Waals surface area contributed by atoms with Crippen molar-refractivity contribution >= 4 is 5.97 Å². The summed E-state index contributed by atoms with van der Waals surface area (Å²) in [5.74, 6) is -0.633. The topological polar surface area (TPSA) is 46.2 Å². The molecule has 0 aromatic rings. The smallest absolute Gasteiger partial charge is 0.338 e. The monoisotopic (exact) mass is 173 g/mol. The van der Waals surface area contributed by atoms with Crippen molar-refractivity contribution < 1.29 is 14.6 Å². The number of hydrogen-bond donors (Lipinski definition) is 0. The highest BCUT2D eigenvalue weighted by Crippen LogP contribution is 2.06. The van der Waals surface area contributed by atoms with Crippen LogP contribution in [0.5, 0.6) is 0 Å². The summed E-state index contributed by atoms with van der Waals surface area (Å²) in [7, 11) is 1.25. The summed E-state index contributed by atoms with van der Waals surface area (Å²) in [4.78, 5) is 10.6. The molecule has 71 valence electrons. The molecule has 1 unspecified atom stereocenters. The molecule has 0 aliphatic carbocycles. The molecule has 0 heterocycles. The lowest BCUT2D eigenvalue weighted by molar-refractivity contribution is -0.154. The van der Waals surface area contributed by atoms with Gasteiger partial charge < -0.3 is 4.74 Å². The molecule has 0 aliphatic heterocycles. The summed E-state index contributed by atoms with van der Waals surface area (Å²) in [5.41, 5.74) is 0. The van der Waals surface area contributed by atoms with E-state index in [-0.39, 0.29) is 0 Å². The maximum absolute atomic E-state index is 10.9. The molecule has 0 bridgehead atoms. The van der Waals surface area contributed by atoms with Crippen LogP contribution in [0, 0.1) is 0 Å². The van der Waals surface area contributed by atoms with Crippen molar-refractivity contribution in [2.24, 2.45) is 0 Å². The molecular weight excluding hydrogens is 156 g/mol. The first-order chi connectivity index (χ1) is 5.72. The Morgan fingerprint density at radius 2 is 2.00 bits per heavy atom. The van der Waals surface area contributed by atoms with Crippen LogP contribution >= 0.6 is 0 Å². The number of hydrogen-bond acceptors (Lipinski definition) is 2. The third kappa shape index (κ3) is 5.13. The number of esters is 1. The summed E-state index contributed by atoms with van der Waals surface area (Å²) in [5, 5.41) is 10.9. The van der Waals surface area contributed by atoms with Gasteiger partial charge in [-0.15, -0.1) is 0 Å². The largest absolute Gasteiger partial charge is 0.467 e. The Labute approximate surface area is 73.7 Å². The van der Waals surface area contributed by atoms with Crippen LogP contribution in [-0.2, 0) is 14.6 Å². The summed E-state index contributed by atoms with van der Waals surface area (Å²) in [6, 6.07) is 0. The van der Waals surface area contributed by atoms with Crippen molar-refractivity contribution in [3.63, 3.8) is 0 Å². The summed E-state index contributed by atoms with van der Waals surface area (Å²) >= 11 is 0. The average molecular weight is 173 g/mol. The van der Waals surface area contributed by atoms with E-state index in [9.17, 15) is 9.90 Å². The number of ether oxygens (including phenoxy) is 1. The minimum absolute atomic E-state index is 0.409. The van der Waals surface area contributed by atoms with Crippen LogP contribution in [0.4, 0.5) is 0 Å². The molecule has 0 N–H and O–H groups in total. The molecule has 0 fully saturated rings. The van der Waals surface area contributed by atoms with E-state index < -0.39 is 12.1 Å². The second kappa shape index (κ2) is 7.10. The Kier molecular flexibility index (Phi) is 6.76. The fourth-order valence-electron chi connectivity index (χ4n) is 1.01. The second-order valence-corrected chi connectivity index (χ2v) is 2.86. The molecule has 0 saturated heterocycles. The van der Waals surface area contributed by atoms with E-state index in [0.717, 1.165) is 25.7 Å². The van der Waals surface area contributed by atoms with E-state index in [1.165, 1.54) is 7.11 Å². The van der Waals surface area contributed by atoms with Crippen molar-refractivity contribution in [1.82, 2.24) is 0 Å². The number of rotatable bonds is 6. The summed E-state index contributed by atoms with van der Waals surface area (Å²) < 4.78 is 4.32. The highest BCUT2D eigenvalue weighted by molar-refractivity contribution is 5.73. The average Bonchev–Trinajstić information content (AvgIpc) is 2.10. The Balaban J connectivity index is 3.31. The van der Waals surface area contributed by atoms with Gasteiger partial charge in [0.05, 0.1) is 7.11 Å². The third-order valence-corrected chi connectivity index (χ3v) is 1.78. The number of carbonyl (C=O) groups excluding carboxylic acids is 1. The van der Waals surface area contributed by atoms with E-state index in [0.29, 0.717) is 6.42 Å². The van der Waals surface area contributed by atoms with Crippen LogP contribution in [0.15, 0.2) is 0 Å². The predicted molar refractivity (Wildman–Crippen MR) is 45.2 cm³/mol. The minimum Gasteiger partial charge on any atom is -0.467 e. The molecule has 0 rings (SSSR count). The van der Waals surface area contributed by atoms with E-state index in [1.807, 2.05) is 0 Å². The first kappa shape index (κ1) is 11.4. The lowest BCUT2D eigenvalue weighted by atomic mass is 10.1. The van der Waals surface area contributed by atoms with Crippen LogP contribution in [0.1, 0.15) is 39.0 Å². The molecule has 0 aromatic heterocycles. The van der Waals surface area contributed by atoms with Gasteiger partial charge in [0.25, 0.3) is 0 Å². The Morgan fingerprint density at radius 3 is 2.50 bits per heavy atom. The summed E-state index contributed by atoms with van der Waals surface area (Å²) in [6.45, 7) is 2.11. The molecule has 1 atom stereocenters. The van der Waals surface area contributed by atoms with Crippen LogP contribution in [0.3, 0.4) is 0 Å². The highest BCUT2D eigenvalue weighted by Gasteiger charge is 2.15. The van der Waals surface area contributed by atoms with Crippen molar-refractivity contribution in [1.29, 1.82) is 0 Å². The molecule has 3 heteroatoms. The normalized spacial score (nSPS) is 12.6. The van der Waals surface area contributed by atoms with Crippen LogP contribution in [-0.4, -0.2) is 19.2 Å². The molecule has 0 aliphatic rings. The van der Waals surface area contributed by atoms with Crippen LogP contribution < -0.4 is 0 Å². The fourth-order valence-corrected chi connectivity index (χ4v) is 1.01. The van der Waals surface area contributed by atoms with E-state index in [1.54, 1.807) is 0 Å². The van der Waals surface area contributed by atoms with Gasteiger partial charge in [0.15, 0.2) is 6.10 Å². The fraction of sp³-hybridized carbons (Fsp3) is 0.889. The van der Waals surface area contributed by atoms with Gasteiger partial charge in [0.2, 0.25) is 0 Å². The van der Waals surface area contributed by atoms with Crippen molar-refractivity contribution in [2.45, 2.75) is 45.1 Å². The zero-order valence-electron chi connectivity index (χ0n) is 7.84. The van der Waals surface area contributed by atoms with Gasteiger partial charge in [-0.1, -0.05) is 32.6 Å². The lowest BCUT2D eigenvalue weighted by Gasteiger charge is -2.04. The quantitative estimate of drug-likeness (QED) is 0.455. The molecule has 1 radical (unpaired) electrons. The lowest BCUT2D eigenvalue weighted by Crippen LogP contribution is -2.19. The van der Waals surface area contributed by atoms with Gasteiger partial charge in [0.1, 0.15) is 0 Å². The molecular formula is C9H17O3. The molecule has 0 saturated carbocycles. The van der Waals surface area contributed by atoms with Crippen molar-refractivity contribution in [2.75, 3.05) is 7.11 Å². The van der Waals surface area contributed by atoms with Gasteiger partial charge in [0, 0.05) is 0 Å². The maximum atomic E-state index is 10.9. The first-order valence-electron chi connectivity index (χ1n) is 4.46. The van der Waals surface area contributed by atoms with Gasteiger partial charge in [-0.2, -0.15) is 0 Å². The van der Waals surface area contributed by atoms with Gasteiger partial charge in [-0.3, -0.25) is 0 Å². The minimum atomic E-state index is -1.17. The molecule has 0 amide bonds. The number of unbranched alkanes of at least 4 members (excludes halogenated alkanes) is 3. The Morgan fingerprint density at radius 1 is 1.33 bits per heavy atom. The van der Waals surface area contributed by atoms with Gasteiger partial charge >= 0.3 is 5.97 Å². The SMILES string of the molecule is CCCCCCC([O])C(=O)OC. The predicted octanol–water partition coefficient (Wildman–Crippen LogP) is 1.93. The maximum Gasteiger partial charge on any atom is 0.338 e. The van der Waals surface area contributed by atoms with Crippen LogP contribution in [0.2, 0.25) is 0 Å². The molecule has 0 aromatic carbocycles. The zero-order valence-corrected chi connectivity index (χ0v) is 7.84. The highest BCUT2D eigenvalue weighted by atomic mass is 16.5. The Hall–Kier alpha value is -0.570. The van der Waals surface area contributed by atoms with E-state index >= 15 is 0 Å². The first-order valence-corrected chi connectivity index (χ1v) is 4.46. The molecule has 3 nitrogen and oxygen atoms in total. The van der Waals surface area contributed by atoms with Crippen LogP contribution in [0.25, 0.3) is 0 Å². The van der Waals surface area contributed by atoms with E-state index in [4.69, 9.17) is 0 Å². The van der Waals surface area contributed by atoms with Gasteiger partial charge in [-0.05, 0) is 6.42 Å². The van der Waals surface area contributed by atoms with E-state index in [2.05, 4.69) is 11.7 Å². The number of methoxy groups -OCH3 is 1. The zero-order chi connectivity index (χ0) is 9.40. The van der Waals surface area contributed by atoms with Crippen molar-refractivity contribution in [3.8, 4) is 0 Å². The standard InChI is InChI=1S/C9H17O3/c1-3-4-5-6-7-8(10)9(11)12-2/h8H,3-7H2,1-2H3. The summed E-state index contributed by atoms with van der Waals surface area (Å²) in [6.07, 6.45) is 3.37. The molecule has 12 heavy (non-hydrogen) atoms. The van der Waals surface area contributed by atoms with Gasteiger partial charge in [-0.25, -0.2) is 9.90 Å². The third-order valence-electron chi connectivity index (χ3n) is 1.78. The van der Waals surface area contributed by atoms with Crippen molar-refractivity contribution in [3.05, 3.63) is 0 Å². The second-order valence-electron chi connectivity index (χ2n) is 2.86. The number of carbonyl (C=O) groups is 1. The Bertz CT molecular complexity index is 123. The molecule has 0 spiro atoms.